The molecule has 0 amide bonds. The molecule has 0 aromatic carbocycles. The predicted octanol–water partition coefficient (Wildman–Crippen LogP) is 6.09. The molecule has 0 aromatic rings. The fraction of sp³-hybridized carbons (Fsp3) is 1.00. The Kier molecular flexibility index (Phi) is 24.4. The third kappa shape index (κ3) is 27.8. The largest absolute Gasteiger partial charge is 0.309 e. The fourth-order valence-corrected chi connectivity index (χ4v) is 2.53. The van der Waals surface area contributed by atoms with E-state index in [1.54, 1.807) is 0 Å². The molecule has 0 aliphatic rings. The molecule has 0 aliphatic heterocycles. The van der Waals surface area contributed by atoms with Crippen molar-refractivity contribution < 1.29 is 0 Å². The Labute approximate surface area is 135 Å². The van der Waals surface area contributed by atoms with Crippen LogP contribution in [0.25, 0.3) is 0 Å². The Morgan fingerprint density at radius 1 is 0.789 bits per heavy atom. The van der Waals surface area contributed by atoms with E-state index in [4.69, 9.17) is 11.6 Å². The highest BCUT2D eigenvalue weighted by atomic mass is 79.9. The minimum absolute atomic E-state index is 0.769. The van der Waals surface area contributed by atoms with Crippen molar-refractivity contribution in [3.63, 3.8) is 0 Å². The molecule has 0 rings (SSSR count). The smallest absolute Gasteiger partial charge is 0.0231 e. The minimum atomic E-state index is 0.769. The monoisotopic (exact) mass is 355 g/mol. The van der Waals surface area contributed by atoms with E-state index in [1.807, 2.05) is 0 Å². The normalized spacial score (nSPS) is 10.4. The van der Waals surface area contributed by atoms with E-state index in [-0.39, 0.29) is 0 Å². The van der Waals surface area contributed by atoms with E-state index in [1.165, 1.54) is 64.3 Å². The molecule has 0 bridgehead atoms. The summed E-state index contributed by atoms with van der Waals surface area (Å²) in [5.74, 6) is 0.769. The highest BCUT2D eigenvalue weighted by molar-refractivity contribution is 9.09. The summed E-state index contributed by atoms with van der Waals surface area (Å²) in [5, 5.41) is 1.02. The molecule has 0 atom stereocenters. The molecular formula is C16H35BrClN. The highest BCUT2D eigenvalue weighted by Crippen LogP contribution is 2.09. The highest BCUT2D eigenvalue weighted by Gasteiger charge is 1.92. The molecule has 0 spiro atoms. The van der Waals surface area contributed by atoms with E-state index < -0.39 is 0 Å². The van der Waals surface area contributed by atoms with Crippen molar-refractivity contribution in [3.05, 3.63) is 0 Å². The molecule has 1 nitrogen and oxygen atoms in total. The Morgan fingerprint density at radius 3 is 1.58 bits per heavy atom. The third-order valence-electron chi connectivity index (χ3n) is 2.98. The van der Waals surface area contributed by atoms with E-state index >= 15 is 0 Å². The molecule has 0 fully saturated rings. The number of hydrogen-bond acceptors (Lipinski definition) is 1. The van der Waals surface area contributed by atoms with Gasteiger partial charge < -0.3 is 4.90 Å². The van der Waals surface area contributed by atoms with Crippen molar-refractivity contribution in [2.45, 2.75) is 71.1 Å². The molecule has 118 valence electrons. The Hall–Kier alpha value is 0.730. The van der Waals surface area contributed by atoms with Crippen LogP contribution < -0.4 is 0 Å². The molecule has 0 heterocycles. The number of halogens is 2. The lowest BCUT2D eigenvalue weighted by atomic mass is 10.1. The average molecular weight is 357 g/mol. The van der Waals surface area contributed by atoms with Gasteiger partial charge in [-0.3, -0.25) is 0 Å². The van der Waals surface area contributed by atoms with Crippen molar-refractivity contribution in [1.82, 2.24) is 4.90 Å². The maximum Gasteiger partial charge on any atom is 0.0231 e. The van der Waals surface area contributed by atoms with Crippen LogP contribution in [0.2, 0.25) is 0 Å². The number of nitrogens with zero attached hydrogens (tertiary/aromatic N) is 1. The Balaban J connectivity index is 0. The first-order chi connectivity index (χ1) is 9.18. The quantitative estimate of drug-likeness (QED) is 0.302. The molecule has 0 aliphatic carbocycles. The van der Waals surface area contributed by atoms with Crippen molar-refractivity contribution in [2.24, 2.45) is 0 Å². The summed E-state index contributed by atoms with van der Waals surface area (Å²) in [6.45, 7) is 3.54. The zero-order valence-corrected chi connectivity index (χ0v) is 15.7. The number of rotatable bonds is 12. The molecule has 0 aromatic heterocycles. The molecular weight excluding hydrogens is 322 g/mol. The van der Waals surface area contributed by atoms with Gasteiger partial charge in [0.05, 0.1) is 0 Å². The van der Waals surface area contributed by atoms with E-state index in [0.29, 0.717) is 0 Å². The zero-order chi connectivity index (χ0) is 14.8. The van der Waals surface area contributed by atoms with Gasteiger partial charge in [-0.2, -0.15) is 0 Å². The minimum Gasteiger partial charge on any atom is -0.309 e. The molecule has 0 saturated heterocycles. The van der Waals surface area contributed by atoms with Gasteiger partial charge in [-0.1, -0.05) is 74.2 Å². The van der Waals surface area contributed by atoms with Crippen LogP contribution in [-0.4, -0.2) is 36.8 Å². The van der Waals surface area contributed by atoms with Gasteiger partial charge in [0.25, 0.3) is 0 Å². The molecule has 0 saturated carbocycles. The first-order valence-electron chi connectivity index (χ1n) is 7.95. The second kappa shape index (κ2) is 21.0. The first-order valence-corrected chi connectivity index (χ1v) is 9.61. The Bertz CT molecular complexity index is 141. The molecule has 0 unspecified atom stereocenters. The molecule has 3 heteroatoms. The Morgan fingerprint density at radius 2 is 1.26 bits per heavy atom. The summed E-state index contributed by atoms with van der Waals surface area (Å²) in [4.78, 5) is 2.28. The summed E-state index contributed by atoms with van der Waals surface area (Å²) in [6.07, 6.45) is 13.9. The van der Waals surface area contributed by atoms with Crippen molar-refractivity contribution >= 4 is 27.5 Å². The van der Waals surface area contributed by atoms with Crippen LogP contribution in [0.4, 0.5) is 0 Å². The summed E-state index contributed by atoms with van der Waals surface area (Å²) in [5.41, 5.74) is 0. The summed E-state index contributed by atoms with van der Waals surface area (Å²) < 4.78 is 0. The fourth-order valence-electron chi connectivity index (χ4n) is 1.79. The molecule has 0 radical (unpaired) electrons. The third-order valence-corrected chi connectivity index (χ3v) is 3.80. The lowest BCUT2D eigenvalue weighted by molar-refractivity contribution is 0.389. The summed E-state index contributed by atoms with van der Waals surface area (Å²) >= 11 is 8.50. The lowest BCUT2D eigenvalue weighted by Crippen LogP contribution is -2.12. The van der Waals surface area contributed by atoms with Crippen LogP contribution in [0, 0.1) is 0 Å². The van der Waals surface area contributed by atoms with Crippen LogP contribution in [0.5, 0.6) is 0 Å². The van der Waals surface area contributed by atoms with Gasteiger partial charge in [0, 0.05) is 11.2 Å². The van der Waals surface area contributed by atoms with Crippen molar-refractivity contribution in [1.29, 1.82) is 0 Å². The van der Waals surface area contributed by atoms with Gasteiger partial charge in [0.15, 0.2) is 0 Å². The standard InChI is InChI=1S/C13H29N.C3H6BrCl/c1-4-5-6-7-8-9-10-11-12-13-14(2)3;4-2-1-3-5/h4-13H2,1-3H3;1-3H2. The second-order valence-corrected chi connectivity index (χ2v) is 6.53. The van der Waals surface area contributed by atoms with Gasteiger partial charge in [-0.25, -0.2) is 0 Å². The van der Waals surface area contributed by atoms with Gasteiger partial charge in [0.2, 0.25) is 0 Å². The number of hydrogen-bond donors (Lipinski definition) is 0. The SMILES string of the molecule is CCCCCCCCCCCN(C)C.ClCCCBr. The maximum atomic E-state index is 5.27. The van der Waals surface area contributed by atoms with Crippen LogP contribution in [0.15, 0.2) is 0 Å². The van der Waals surface area contributed by atoms with Gasteiger partial charge >= 0.3 is 0 Å². The summed E-state index contributed by atoms with van der Waals surface area (Å²) in [7, 11) is 4.31. The van der Waals surface area contributed by atoms with E-state index in [2.05, 4.69) is 41.8 Å². The van der Waals surface area contributed by atoms with Gasteiger partial charge in [-0.15, -0.1) is 11.6 Å². The first kappa shape index (κ1) is 22.0. The van der Waals surface area contributed by atoms with Crippen molar-refractivity contribution in [3.8, 4) is 0 Å². The van der Waals surface area contributed by atoms with Gasteiger partial charge in [0.1, 0.15) is 0 Å². The molecule has 19 heavy (non-hydrogen) atoms. The van der Waals surface area contributed by atoms with Crippen LogP contribution >= 0.6 is 27.5 Å². The van der Waals surface area contributed by atoms with Crippen molar-refractivity contribution in [2.75, 3.05) is 31.9 Å². The van der Waals surface area contributed by atoms with E-state index in [9.17, 15) is 0 Å². The van der Waals surface area contributed by atoms with E-state index in [0.717, 1.165) is 17.6 Å². The van der Waals surface area contributed by atoms with Gasteiger partial charge in [-0.05, 0) is 33.5 Å². The van der Waals surface area contributed by atoms with Crippen LogP contribution in [0.1, 0.15) is 71.1 Å². The molecule has 0 N–H and O–H groups in total. The zero-order valence-electron chi connectivity index (χ0n) is 13.4. The maximum absolute atomic E-state index is 5.27. The second-order valence-electron chi connectivity index (χ2n) is 5.36. The topological polar surface area (TPSA) is 3.24 Å². The van der Waals surface area contributed by atoms with Crippen LogP contribution in [-0.2, 0) is 0 Å². The number of unbranched alkanes of at least 4 members (excludes halogenated alkanes) is 8. The lowest BCUT2D eigenvalue weighted by Gasteiger charge is -2.08. The average Bonchev–Trinajstić information content (AvgIpc) is 2.38. The predicted molar refractivity (Wildman–Crippen MR) is 94.9 cm³/mol. The number of alkyl halides is 2. The summed E-state index contributed by atoms with van der Waals surface area (Å²) in [6, 6.07) is 0. The van der Waals surface area contributed by atoms with Crippen LogP contribution in [0.3, 0.4) is 0 Å².